The Morgan fingerprint density at radius 1 is 1.17 bits per heavy atom. The zero-order valence-corrected chi connectivity index (χ0v) is 15.0. The molecule has 1 aliphatic carbocycles. The van der Waals surface area contributed by atoms with E-state index in [0.717, 1.165) is 31.2 Å². The van der Waals surface area contributed by atoms with Crippen LogP contribution in [0.15, 0.2) is 41.8 Å². The molecule has 6 heteroatoms. The summed E-state index contributed by atoms with van der Waals surface area (Å²) in [7, 11) is -2.03. The van der Waals surface area contributed by atoms with E-state index < -0.39 is 16.2 Å². The molecule has 1 aromatic carbocycles. The first-order valence-electron chi connectivity index (χ1n) is 8.37. The Hall–Kier alpha value is -1.66. The molecule has 2 fully saturated rings. The number of nitrogens with zero attached hydrogens (tertiary/aromatic N) is 2. The molecule has 1 saturated carbocycles. The molecule has 3 rings (SSSR count). The third kappa shape index (κ3) is 2.67. The Morgan fingerprint density at radius 3 is 2.42 bits per heavy atom. The van der Waals surface area contributed by atoms with Crippen molar-refractivity contribution < 1.29 is 13.2 Å². The van der Waals surface area contributed by atoms with Crippen molar-refractivity contribution in [2.24, 2.45) is 5.92 Å². The van der Waals surface area contributed by atoms with Crippen molar-refractivity contribution in [2.75, 3.05) is 7.05 Å². The van der Waals surface area contributed by atoms with Crippen LogP contribution < -0.4 is 0 Å². The van der Waals surface area contributed by atoms with Crippen molar-refractivity contribution in [3.8, 4) is 0 Å². The van der Waals surface area contributed by atoms with E-state index in [-0.39, 0.29) is 22.8 Å². The molecular weight excluding hydrogens is 324 g/mol. The van der Waals surface area contributed by atoms with E-state index in [0.29, 0.717) is 0 Å². The third-order valence-corrected chi connectivity index (χ3v) is 7.10. The quantitative estimate of drug-likeness (QED) is 0.789. The van der Waals surface area contributed by atoms with Gasteiger partial charge >= 0.3 is 0 Å². The molecule has 0 unspecified atom stereocenters. The maximum Gasteiger partial charge on any atom is 0.245 e. The molecule has 1 aromatic rings. The lowest BCUT2D eigenvalue weighted by Gasteiger charge is -2.49. The number of hydrogen-bond acceptors (Lipinski definition) is 3. The zero-order valence-electron chi connectivity index (χ0n) is 14.2. The van der Waals surface area contributed by atoms with Crippen molar-refractivity contribution >= 4 is 15.9 Å². The molecule has 130 valence electrons. The molecule has 0 bridgehead atoms. The monoisotopic (exact) mass is 348 g/mol. The number of rotatable bonds is 3. The molecule has 2 aliphatic rings. The van der Waals surface area contributed by atoms with Gasteiger partial charge in [-0.15, -0.1) is 0 Å². The highest BCUT2D eigenvalue weighted by molar-refractivity contribution is 7.89. The normalized spacial score (nSPS) is 28.5. The molecule has 1 heterocycles. The lowest BCUT2D eigenvalue weighted by Crippen LogP contribution is -2.64. The molecule has 0 spiro atoms. The van der Waals surface area contributed by atoms with Gasteiger partial charge in [0.15, 0.2) is 0 Å². The first-order valence-corrected chi connectivity index (χ1v) is 9.81. The molecule has 5 nitrogen and oxygen atoms in total. The third-order valence-electron chi connectivity index (χ3n) is 5.19. The summed E-state index contributed by atoms with van der Waals surface area (Å²) in [6.07, 6.45) is 4.30. The highest BCUT2D eigenvalue weighted by Gasteiger charge is 2.50. The van der Waals surface area contributed by atoms with E-state index >= 15 is 0 Å². The van der Waals surface area contributed by atoms with E-state index in [1.54, 1.807) is 37.4 Å². The number of fused-ring (bicyclic) bond motifs is 1. The van der Waals surface area contributed by atoms with Gasteiger partial charge in [0.05, 0.1) is 10.8 Å². The van der Waals surface area contributed by atoms with E-state index in [9.17, 15) is 13.2 Å². The van der Waals surface area contributed by atoms with Gasteiger partial charge in [0, 0.05) is 13.1 Å². The van der Waals surface area contributed by atoms with Crippen LogP contribution in [-0.2, 0) is 14.8 Å². The van der Waals surface area contributed by atoms with Gasteiger partial charge in [-0.3, -0.25) is 4.79 Å². The fourth-order valence-electron chi connectivity index (χ4n) is 3.88. The van der Waals surface area contributed by atoms with Gasteiger partial charge in [-0.05, 0) is 31.9 Å². The summed E-state index contributed by atoms with van der Waals surface area (Å²) in [6.45, 7) is 5.70. The molecule has 1 aliphatic heterocycles. The smallest absolute Gasteiger partial charge is 0.245 e. The molecule has 1 saturated heterocycles. The molecular formula is C18H24N2O3S. The van der Waals surface area contributed by atoms with Gasteiger partial charge in [-0.2, -0.15) is 4.31 Å². The van der Waals surface area contributed by atoms with Crippen LogP contribution in [0.5, 0.6) is 0 Å². The van der Waals surface area contributed by atoms with Crippen molar-refractivity contribution in [3.63, 3.8) is 0 Å². The maximum atomic E-state index is 13.3. The summed E-state index contributed by atoms with van der Waals surface area (Å²) in [5, 5.41) is 0. The molecule has 0 radical (unpaired) electrons. The number of benzene rings is 1. The molecule has 24 heavy (non-hydrogen) atoms. The summed E-state index contributed by atoms with van der Waals surface area (Å²) >= 11 is 0. The number of hydrogen-bond donors (Lipinski definition) is 0. The van der Waals surface area contributed by atoms with Crippen LogP contribution in [0.2, 0.25) is 0 Å². The zero-order chi connectivity index (χ0) is 17.5. The Bertz CT molecular complexity index is 742. The Labute approximate surface area is 144 Å². The van der Waals surface area contributed by atoms with Crippen molar-refractivity contribution in [3.05, 3.63) is 42.5 Å². The molecule has 0 aromatic heterocycles. The van der Waals surface area contributed by atoms with Crippen LogP contribution in [0.4, 0.5) is 0 Å². The van der Waals surface area contributed by atoms with E-state index in [1.165, 1.54) is 9.21 Å². The average molecular weight is 348 g/mol. The summed E-state index contributed by atoms with van der Waals surface area (Å²) in [5.74, 6) is -0.222. The van der Waals surface area contributed by atoms with E-state index in [1.807, 2.05) is 6.92 Å². The largest absolute Gasteiger partial charge is 0.325 e. The van der Waals surface area contributed by atoms with Crippen LogP contribution in [-0.4, -0.2) is 42.8 Å². The van der Waals surface area contributed by atoms with Gasteiger partial charge in [0.2, 0.25) is 15.9 Å². The summed E-state index contributed by atoms with van der Waals surface area (Å²) < 4.78 is 28.1. The number of amides is 1. The Morgan fingerprint density at radius 2 is 1.79 bits per heavy atom. The van der Waals surface area contributed by atoms with Crippen LogP contribution in [0.3, 0.4) is 0 Å². The fourth-order valence-corrected chi connectivity index (χ4v) is 5.72. The first kappa shape index (κ1) is 17.2. The van der Waals surface area contributed by atoms with Crippen molar-refractivity contribution in [1.29, 1.82) is 0 Å². The lowest BCUT2D eigenvalue weighted by atomic mass is 9.81. The van der Waals surface area contributed by atoms with Gasteiger partial charge in [-0.25, -0.2) is 8.42 Å². The van der Waals surface area contributed by atoms with E-state index in [2.05, 4.69) is 6.58 Å². The minimum absolute atomic E-state index is 0.0277. The lowest BCUT2D eigenvalue weighted by molar-refractivity contribution is -0.148. The first-order chi connectivity index (χ1) is 11.4. The minimum Gasteiger partial charge on any atom is -0.325 e. The van der Waals surface area contributed by atoms with Gasteiger partial charge in [-0.1, -0.05) is 43.2 Å². The topological polar surface area (TPSA) is 57.7 Å². The second-order valence-electron chi connectivity index (χ2n) is 6.70. The van der Waals surface area contributed by atoms with E-state index in [4.69, 9.17) is 0 Å². The van der Waals surface area contributed by atoms with Gasteiger partial charge in [0.25, 0.3) is 0 Å². The predicted octanol–water partition coefficient (Wildman–Crippen LogP) is 2.53. The summed E-state index contributed by atoms with van der Waals surface area (Å²) in [6, 6.07) is 6.59. The highest BCUT2D eigenvalue weighted by atomic mass is 32.2. The molecule has 1 amide bonds. The molecule has 0 N–H and O–H groups in total. The number of carbonyl (C=O) groups excluding carboxylic acids is 1. The van der Waals surface area contributed by atoms with Crippen LogP contribution in [0.1, 0.15) is 31.2 Å². The Balaban J connectivity index is 2.08. The standard InChI is InChI=1S/C18H24N2O3S/c1-4-17-19(3)18(21)15-7-5-6-8-16(15)20(17)24(22,23)14-11-9-13(2)10-12-14/h4,9-12,15-17H,1,5-8H2,2-3H3/t15-,16-,17-/m0/s1. The fraction of sp³-hybridized carbons (Fsp3) is 0.500. The predicted molar refractivity (Wildman–Crippen MR) is 92.7 cm³/mol. The van der Waals surface area contributed by atoms with Gasteiger partial charge in [0.1, 0.15) is 6.17 Å². The second kappa shape index (κ2) is 6.33. The SMILES string of the molecule is C=C[C@H]1N(C)C(=O)[C@H]2CCCC[C@@H]2N1S(=O)(=O)c1ccc(C)cc1. The van der Waals surface area contributed by atoms with Crippen LogP contribution in [0, 0.1) is 12.8 Å². The number of likely N-dealkylation sites (N-methyl/N-ethyl adjacent to an activating group) is 1. The molecule has 3 atom stereocenters. The van der Waals surface area contributed by atoms with Crippen LogP contribution in [0.25, 0.3) is 0 Å². The minimum atomic E-state index is -3.70. The van der Waals surface area contributed by atoms with Gasteiger partial charge < -0.3 is 4.90 Å². The highest BCUT2D eigenvalue weighted by Crippen LogP contribution is 2.39. The Kier molecular flexibility index (Phi) is 4.53. The summed E-state index contributed by atoms with van der Waals surface area (Å²) in [4.78, 5) is 14.4. The number of aryl methyl sites for hydroxylation is 1. The van der Waals surface area contributed by atoms with Crippen molar-refractivity contribution in [1.82, 2.24) is 9.21 Å². The second-order valence-corrected chi connectivity index (χ2v) is 8.55. The summed E-state index contributed by atoms with van der Waals surface area (Å²) in [5.41, 5.74) is 1.01. The van der Waals surface area contributed by atoms with Crippen molar-refractivity contribution in [2.45, 2.75) is 49.7 Å². The number of carbonyl (C=O) groups is 1. The average Bonchev–Trinajstić information content (AvgIpc) is 2.58. The number of sulfonamides is 1. The maximum absolute atomic E-state index is 13.3. The van der Waals surface area contributed by atoms with Crippen LogP contribution >= 0.6 is 0 Å².